The second kappa shape index (κ2) is 7.03. The third-order valence-electron chi connectivity index (χ3n) is 3.82. The van der Waals surface area contributed by atoms with Crippen LogP contribution in [-0.4, -0.2) is 15.7 Å². The molecule has 134 valence electrons. The van der Waals surface area contributed by atoms with Crippen molar-refractivity contribution < 1.29 is 18.0 Å². The van der Waals surface area contributed by atoms with Crippen molar-refractivity contribution in [2.45, 2.75) is 19.6 Å². The summed E-state index contributed by atoms with van der Waals surface area (Å²) in [6.45, 7) is 2.03. The minimum atomic E-state index is -4.72. The van der Waals surface area contributed by atoms with Gasteiger partial charge in [-0.2, -0.15) is 18.3 Å². The maximum Gasteiger partial charge on any atom is 0.434 e. The molecule has 0 aliphatic heterocycles. The van der Waals surface area contributed by atoms with Crippen molar-refractivity contribution in [3.05, 3.63) is 83.2 Å². The number of halogens is 3. The van der Waals surface area contributed by atoms with Crippen LogP contribution < -0.4 is 5.32 Å². The Labute approximate surface area is 148 Å². The fourth-order valence-electron chi connectivity index (χ4n) is 2.65. The highest BCUT2D eigenvalue weighted by atomic mass is 19.4. The molecule has 1 aromatic heterocycles. The normalized spacial score (nSPS) is 11.4. The molecule has 3 aromatic rings. The molecule has 1 N–H and O–H groups in total. The molecule has 0 aliphatic rings. The topological polar surface area (TPSA) is 46.9 Å². The summed E-state index contributed by atoms with van der Waals surface area (Å²) in [5.41, 5.74) is 0.448. The van der Waals surface area contributed by atoms with Gasteiger partial charge in [0.1, 0.15) is 0 Å². The molecular weight excluding hydrogens is 343 g/mol. The predicted molar refractivity (Wildman–Crippen MR) is 90.9 cm³/mol. The first-order chi connectivity index (χ1) is 12.4. The standard InChI is InChI=1S/C19H16F3N3O/c1-13-6-5-7-14(10-13)11-23-18(26)16-12-24-25(17(16)19(20,21)22)15-8-3-2-4-9-15/h2-10,12H,11H2,1H3,(H,23,26). The van der Waals surface area contributed by atoms with E-state index in [1.165, 1.54) is 12.1 Å². The summed E-state index contributed by atoms with van der Waals surface area (Å²) >= 11 is 0. The Morgan fingerprint density at radius 2 is 1.85 bits per heavy atom. The summed E-state index contributed by atoms with van der Waals surface area (Å²) in [5, 5.41) is 6.31. The number of rotatable bonds is 4. The fraction of sp³-hybridized carbons (Fsp3) is 0.158. The molecule has 0 saturated heterocycles. The number of benzene rings is 2. The fourth-order valence-corrected chi connectivity index (χ4v) is 2.65. The van der Waals surface area contributed by atoms with Crippen molar-refractivity contribution in [2.75, 3.05) is 0 Å². The molecule has 4 nitrogen and oxygen atoms in total. The van der Waals surface area contributed by atoms with Gasteiger partial charge in [-0.15, -0.1) is 0 Å². The maximum absolute atomic E-state index is 13.6. The van der Waals surface area contributed by atoms with Gasteiger partial charge in [-0.25, -0.2) is 4.68 Å². The third-order valence-corrected chi connectivity index (χ3v) is 3.82. The van der Waals surface area contributed by atoms with Crippen LogP contribution in [0, 0.1) is 6.92 Å². The number of nitrogens with one attached hydrogen (secondary N) is 1. The van der Waals surface area contributed by atoms with Gasteiger partial charge in [-0.1, -0.05) is 48.0 Å². The summed E-state index contributed by atoms with van der Waals surface area (Å²) in [6, 6.07) is 15.3. The minimum Gasteiger partial charge on any atom is -0.348 e. The SMILES string of the molecule is Cc1cccc(CNC(=O)c2cnn(-c3ccccc3)c2C(F)(F)F)c1. The minimum absolute atomic E-state index is 0.133. The van der Waals surface area contributed by atoms with Gasteiger partial charge in [0.25, 0.3) is 5.91 Å². The molecular formula is C19H16F3N3O. The maximum atomic E-state index is 13.6. The van der Waals surface area contributed by atoms with Crippen LogP contribution in [0.4, 0.5) is 13.2 Å². The molecule has 0 fully saturated rings. The number of para-hydroxylation sites is 1. The Kier molecular flexibility index (Phi) is 4.79. The lowest BCUT2D eigenvalue weighted by Crippen LogP contribution is -2.26. The quantitative estimate of drug-likeness (QED) is 0.761. The van der Waals surface area contributed by atoms with E-state index in [-0.39, 0.29) is 12.2 Å². The van der Waals surface area contributed by atoms with Gasteiger partial charge >= 0.3 is 6.18 Å². The van der Waals surface area contributed by atoms with E-state index in [0.717, 1.165) is 22.0 Å². The van der Waals surface area contributed by atoms with Gasteiger partial charge in [0.2, 0.25) is 0 Å². The Morgan fingerprint density at radius 3 is 2.50 bits per heavy atom. The number of amides is 1. The van der Waals surface area contributed by atoms with E-state index in [0.29, 0.717) is 0 Å². The van der Waals surface area contributed by atoms with E-state index in [2.05, 4.69) is 10.4 Å². The van der Waals surface area contributed by atoms with Crippen molar-refractivity contribution in [1.29, 1.82) is 0 Å². The summed E-state index contributed by atoms with van der Waals surface area (Å²) in [4.78, 5) is 12.4. The number of alkyl halides is 3. The summed E-state index contributed by atoms with van der Waals surface area (Å²) in [6.07, 6.45) is -3.77. The van der Waals surface area contributed by atoms with Gasteiger partial charge in [-0.05, 0) is 24.6 Å². The number of carbonyl (C=O) groups is 1. The third kappa shape index (κ3) is 3.77. The van der Waals surface area contributed by atoms with E-state index in [1.807, 2.05) is 25.1 Å². The van der Waals surface area contributed by atoms with Gasteiger partial charge in [0, 0.05) is 6.54 Å². The van der Waals surface area contributed by atoms with E-state index in [4.69, 9.17) is 0 Å². The summed E-state index contributed by atoms with van der Waals surface area (Å²) in [5.74, 6) is -0.819. The average Bonchev–Trinajstić information content (AvgIpc) is 3.06. The molecule has 7 heteroatoms. The molecule has 0 atom stereocenters. The Morgan fingerprint density at radius 1 is 1.12 bits per heavy atom. The first-order valence-electron chi connectivity index (χ1n) is 7.90. The zero-order chi connectivity index (χ0) is 18.7. The van der Waals surface area contributed by atoms with Crippen LogP contribution in [0.1, 0.15) is 27.2 Å². The van der Waals surface area contributed by atoms with E-state index in [1.54, 1.807) is 24.3 Å². The number of nitrogens with zero attached hydrogens (tertiary/aromatic N) is 2. The Bertz CT molecular complexity index is 917. The molecule has 26 heavy (non-hydrogen) atoms. The molecule has 0 bridgehead atoms. The van der Waals surface area contributed by atoms with Crippen molar-refractivity contribution >= 4 is 5.91 Å². The van der Waals surface area contributed by atoms with Crippen molar-refractivity contribution in [1.82, 2.24) is 15.1 Å². The smallest absolute Gasteiger partial charge is 0.348 e. The number of aryl methyl sites for hydroxylation is 1. The second-order valence-electron chi connectivity index (χ2n) is 5.82. The molecule has 0 aliphatic carbocycles. The lowest BCUT2D eigenvalue weighted by Gasteiger charge is -2.13. The summed E-state index contributed by atoms with van der Waals surface area (Å²) in [7, 11) is 0. The molecule has 0 radical (unpaired) electrons. The highest BCUT2D eigenvalue weighted by molar-refractivity contribution is 5.95. The number of carbonyl (C=O) groups excluding carboxylic acids is 1. The average molecular weight is 359 g/mol. The molecule has 0 unspecified atom stereocenters. The van der Waals surface area contributed by atoms with Gasteiger partial charge in [-0.3, -0.25) is 4.79 Å². The highest BCUT2D eigenvalue weighted by Crippen LogP contribution is 2.33. The van der Waals surface area contributed by atoms with E-state index in [9.17, 15) is 18.0 Å². The zero-order valence-electron chi connectivity index (χ0n) is 13.9. The molecule has 3 rings (SSSR count). The second-order valence-corrected chi connectivity index (χ2v) is 5.82. The molecule has 2 aromatic carbocycles. The van der Waals surface area contributed by atoms with Gasteiger partial charge in [0.15, 0.2) is 5.69 Å². The number of aromatic nitrogens is 2. The largest absolute Gasteiger partial charge is 0.434 e. The van der Waals surface area contributed by atoms with Crippen LogP contribution in [0.2, 0.25) is 0 Å². The van der Waals surface area contributed by atoms with E-state index < -0.39 is 23.3 Å². The van der Waals surface area contributed by atoms with Gasteiger partial charge < -0.3 is 5.32 Å². The lowest BCUT2D eigenvalue weighted by atomic mass is 10.1. The number of hydrogen-bond acceptors (Lipinski definition) is 2. The Hall–Kier alpha value is -3.09. The van der Waals surface area contributed by atoms with Gasteiger partial charge in [0.05, 0.1) is 17.4 Å². The van der Waals surface area contributed by atoms with Crippen LogP contribution in [-0.2, 0) is 12.7 Å². The van der Waals surface area contributed by atoms with E-state index >= 15 is 0 Å². The first kappa shape index (κ1) is 17.7. The van der Waals surface area contributed by atoms with Crippen molar-refractivity contribution in [3.8, 4) is 5.69 Å². The van der Waals surface area contributed by atoms with Crippen molar-refractivity contribution in [2.24, 2.45) is 0 Å². The monoisotopic (exact) mass is 359 g/mol. The molecule has 1 heterocycles. The number of hydrogen-bond donors (Lipinski definition) is 1. The van der Waals surface area contributed by atoms with Crippen LogP contribution >= 0.6 is 0 Å². The Balaban J connectivity index is 1.90. The van der Waals surface area contributed by atoms with Crippen LogP contribution in [0.5, 0.6) is 0 Å². The first-order valence-corrected chi connectivity index (χ1v) is 7.90. The zero-order valence-corrected chi connectivity index (χ0v) is 13.9. The van der Waals surface area contributed by atoms with Crippen LogP contribution in [0.25, 0.3) is 5.69 Å². The lowest BCUT2D eigenvalue weighted by molar-refractivity contribution is -0.143. The van der Waals surface area contributed by atoms with Crippen LogP contribution in [0.15, 0.2) is 60.8 Å². The summed E-state index contributed by atoms with van der Waals surface area (Å²) < 4.78 is 41.4. The highest BCUT2D eigenvalue weighted by Gasteiger charge is 2.40. The molecule has 0 saturated carbocycles. The van der Waals surface area contributed by atoms with Crippen LogP contribution in [0.3, 0.4) is 0 Å². The molecule has 0 spiro atoms. The van der Waals surface area contributed by atoms with Crippen molar-refractivity contribution in [3.63, 3.8) is 0 Å². The molecule has 1 amide bonds. The predicted octanol–water partition coefficient (Wildman–Crippen LogP) is 4.13.